The average molecular weight is 1950 g/mol. The molecule has 0 spiro atoms. The molecule has 4 aliphatic rings. The molecule has 0 saturated heterocycles. The first-order valence-corrected chi connectivity index (χ1v) is 43.5. The van der Waals surface area contributed by atoms with Gasteiger partial charge in [0.2, 0.25) is 5.91 Å². The lowest BCUT2D eigenvalue weighted by Crippen LogP contribution is -2.69. The van der Waals surface area contributed by atoms with Crippen LogP contribution < -0.4 is 104 Å². The Balaban J connectivity index is 1.52. The number of aliphatic imine (C=N–C) groups is 1. The van der Waals surface area contributed by atoms with E-state index in [4.69, 9.17) is 167 Å². The minimum absolute atomic E-state index is 0.0705. The third-order valence-electron chi connectivity index (χ3n) is 19.8. The number of phenols is 1. The largest absolute Gasteiger partial charge is 0.508 e. The number of isothiocyanates is 1. The lowest BCUT2D eigenvalue weighted by molar-refractivity contribution is -0.267. The minimum Gasteiger partial charge on any atom is -0.508 e. The molecule has 12 atom stereocenters. The number of benzene rings is 3. The van der Waals surface area contributed by atoms with Crippen molar-refractivity contribution in [1.82, 2.24) is 53.2 Å². The highest BCUT2D eigenvalue weighted by Gasteiger charge is 2.61. The van der Waals surface area contributed by atoms with Gasteiger partial charge in [-0.15, -0.1) is 0 Å². The fraction of sp³-hybridized carbons (Fsp3) is 0.524. The van der Waals surface area contributed by atoms with E-state index in [1.807, 2.05) is 0 Å². The average Bonchev–Trinajstić information content (AvgIpc) is 0.757. The van der Waals surface area contributed by atoms with Gasteiger partial charge >= 0.3 is 53.7 Å². The molecule has 2 saturated carbocycles. The lowest BCUT2D eigenvalue weighted by Gasteiger charge is -2.48. The number of nitrogens with two attached hydrogens (primary N) is 8. The first-order chi connectivity index (χ1) is 65.4. The molecule has 54 nitrogen and oxygen atoms in total. The third kappa shape index (κ3) is 39.2. The number of carbonyl (C=O) groups is 11. The molecular weight excluding hydrogens is 1830 g/mol. The Bertz CT molecular complexity index is 4820. The van der Waals surface area contributed by atoms with Crippen molar-refractivity contribution >= 4 is 147 Å². The Morgan fingerprint density at radius 2 is 0.679 bits per heavy atom. The molecule has 35 N–H and O–H groups in total. The van der Waals surface area contributed by atoms with Crippen LogP contribution in [0.5, 0.6) is 5.75 Å². The molecule has 0 bridgehead atoms. The first kappa shape index (κ1) is 111. The fourth-order valence-corrected chi connectivity index (χ4v) is 14.0. The number of rotatable bonds is 57. The number of amides is 2. The van der Waals surface area contributed by atoms with Gasteiger partial charge in [-0.2, -0.15) is 4.99 Å². The van der Waals surface area contributed by atoms with Gasteiger partial charge in [0, 0.05) is 151 Å². The Labute approximate surface area is 788 Å². The minimum atomic E-state index is -2.17. The molecule has 1 aliphatic heterocycles. The standard InChI is InChI=1S/C82H119N27O27S/c1-123-60(121)40-127-65-72(135-58(119)16-8-30-107-81(95)96)68(131-54(115)12-4-26-103-77(87)88)62(69(132-55(116)13-5-27-104-78(89)90)73(65)136-59(120)17-9-31-108-82(97)98)124-34-32-99-51(112)39-126-64-70(133-56(117)14-6-28-105-79(91)92)66(129-52(113)10-2-24-101-75(83)84)63(67(130-53(114)11-3-25-102-76(85)86)71(64)134-57(118)15-7-29-106-80(93)94)125-35-33-100-74(122)48-36-42(109-41-137)18-21-45(48)61-46-22-19-43(110)37-49(46)128-50-38-44(111)20-23-47(50)61/h18-23,36-38,62-73,110H,2-17,24-35,39-40H2,1H3,(H,99,112)(H,100,122)(H4,83,84,101)(H4,85,86,102)(H4,87,88,103)(H4,89,90,104)(H4,91,92,105)(H4,93,94,106)(H4,95,96,107)(H4,97,98,108)/t62?,63?,64?,65?,66-,67+,68-,69+,70-,71+,72-,73+. The van der Waals surface area contributed by atoms with E-state index < -0.39 is 283 Å². The summed E-state index contributed by atoms with van der Waals surface area (Å²) in [5, 5.41) is 100. The van der Waals surface area contributed by atoms with E-state index in [-0.39, 0.29) is 138 Å². The molecule has 1 heterocycles. The highest BCUT2D eigenvalue weighted by Crippen LogP contribution is 2.44. The Morgan fingerprint density at radius 3 is 0.993 bits per heavy atom. The van der Waals surface area contributed by atoms with Crippen molar-refractivity contribution in [2.45, 2.75) is 176 Å². The topological polar surface area (TPSA) is 890 Å². The van der Waals surface area contributed by atoms with Gasteiger partial charge in [-0.05, 0) is 106 Å². The number of esters is 9. The number of guanidine groups is 8. The second-order valence-electron chi connectivity index (χ2n) is 30.3. The summed E-state index contributed by atoms with van der Waals surface area (Å²) < 4.78 is 86.2. The van der Waals surface area contributed by atoms with Gasteiger partial charge in [0.25, 0.3) is 5.91 Å². The van der Waals surface area contributed by atoms with Crippen molar-refractivity contribution in [3.63, 3.8) is 0 Å². The van der Waals surface area contributed by atoms with E-state index in [0.29, 0.717) is 16.5 Å². The summed E-state index contributed by atoms with van der Waals surface area (Å²) in [4.78, 5) is 176. The van der Waals surface area contributed by atoms with Gasteiger partial charge in [0.1, 0.15) is 54.7 Å². The van der Waals surface area contributed by atoms with Gasteiger partial charge in [0.05, 0.1) is 31.2 Å². The summed E-state index contributed by atoms with van der Waals surface area (Å²) in [5.74, 6) is -15.9. The number of hydrogen-bond acceptors (Lipinski definition) is 37. The number of hydrogen-bond donors (Lipinski definition) is 27. The molecule has 2 amide bonds. The van der Waals surface area contributed by atoms with Crippen LogP contribution in [0, 0.1) is 43.3 Å². The zero-order valence-corrected chi connectivity index (χ0v) is 75.7. The number of fused-ring (bicyclic) bond motifs is 2. The van der Waals surface area contributed by atoms with Crippen LogP contribution in [0.4, 0.5) is 5.69 Å². The SMILES string of the molecule is COC(=O)COC1[C@@H](OC(=O)CCCNC(=N)N)[C@H](OC(=O)CCCNC(=N)N)C(OCCNC(=O)COC2[C@@H](OC(=O)CCCNC(=N)N)[C@H](OC(=O)CCCNC(=N)N)C(OCCNC(=O)c3cc(N=C=S)ccc3-c3c4ccc(=O)cc-4oc4cc(O)ccc34)[C@H](OC(=O)CCCNC(=N)N)[C@H]2OC(=O)CCCNC(=N)N)[C@H](OC(=O)CCCNC(=N)N)[C@H]1OC(=O)CCCNC(=N)N. The monoisotopic (exact) mass is 1950 g/mol. The van der Waals surface area contributed by atoms with Crippen LogP contribution in [0.2, 0.25) is 0 Å². The smallest absolute Gasteiger partial charge is 0.331 e. The first-order valence-electron chi connectivity index (χ1n) is 43.1. The summed E-state index contributed by atoms with van der Waals surface area (Å²) in [7, 11) is 0.987. The van der Waals surface area contributed by atoms with Gasteiger partial charge < -0.3 is 170 Å². The van der Waals surface area contributed by atoms with Crippen molar-refractivity contribution in [3.05, 3.63) is 70.4 Å². The van der Waals surface area contributed by atoms with E-state index in [1.165, 1.54) is 54.6 Å². The Morgan fingerprint density at radius 1 is 0.372 bits per heavy atom. The molecular formula is C82H119N27O27S. The Kier molecular flexibility index (Phi) is 47.0. The molecule has 55 heteroatoms. The number of nitrogens with one attached hydrogen (secondary N) is 18. The van der Waals surface area contributed by atoms with Crippen LogP contribution in [0.1, 0.15) is 113 Å². The van der Waals surface area contributed by atoms with Crippen LogP contribution in [-0.4, -0.2) is 296 Å². The molecule has 2 fully saturated rings. The van der Waals surface area contributed by atoms with E-state index in [2.05, 4.69) is 63.3 Å². The molecule has 0 aromatic heterocycles. The van der Waals surface area contributed by atoms with Crippen LogP contribution in [0.3, 0.4) is 0 Å². The second kappa shape index (κ2) is 58.1. The fourth-order valence-electron chi connectivity index (χ4n) is 13.9. The van der Waals surface area contributed by atoms with Crippen LogP contribution in [-0.2, 0) is 110 Å². The normalized spacial score (nSPS) is 18.5. The molecule has 2 aromatic carbocycles. The van der Waals surface area contributed by atoms with E-state index in [0.717, 1.165) is 7.11 Å². The molecule has 3 aliphatic carbocycles. The number of phenolic OH excluding ortho intramolecular Hbond substituents is 1. The molecule has 750 valence electrons. The number of nitrogens with zero attached hydrogens (tertiary/aromatic N) is 1. The molecule has 0 radical (unpaired) electrons. The molecule has 2 aromatic rings. The predicted octanol–water partition coefficient (Wildman–Crippen LogP) is -4.01. The summed E-state index contributed by atoms with van der Waals surface area (Å²) in [5.41, 5.74) is 44.9. The molecule has 6 rings (SSSR count). The van der Waals surface area contributed by atoms with Crippen molar-refractivity contribution in [1.29, 1.82) is 43.3 Å². The molecule has 137 heavy (non-hydrogen) atoms. The quantitative estimate of drug-likeness (QED) is 0.00381. The number of ether oxygens (including phenoxy) is 13. The summed E-state index contributed by atoms with van der Waals surface area (Å²) >= 11 is 4.94. The van der Waals surface area contributed by atoms with Crippen LogP contribution in [0.25, 0.3) is 33.4 Å². The predicted molar refractivity (Wildman–Crippen MR) is 489 cm³/mol. The summed E-state index contributed by atoms with van der Waals surface area (Å²) in [6.07, 6.45) is -30.0. The van der Waals surface area contributed by atoms with Gasteiger partial charge in [0.15, 0.2) is 102 Å². The van der Waals surface area contributed by atoms with Gasteiger partial charge in [-0.3, -0.25) is 96.0 Å². The van der Waals surface area contributed by atoms with Crippen molar-refractivity contribution in [3.8, 4) is 28.2 Å². The lowest BCUT2D eigenvalue weighted by atomic mass is 9.83. The zero-order valence-electron chi connectivity index (χ0n) is 74.9. The zero-order chi connectivity index (χ0) is 101. The van der Waals surface area contributed by atoms with Gasteiger partial charge in [-0.1, -0.05) is 6.07 Å². The van der Waals surface area contributed by atoms with Crippen LogP contribution in [0.15, 0.2) is 68.8 Å². The van der Waals surface area contributed by atoms with Crippen LogP contribution >= 0.6 is 12.2 Å². The van der Waals surface area contributed by atoms with Crippen molar-refractivity contribution in [2.24, 2.45) is 50.9 Å². The maximum atomic E-state index is 15.1. The van der Waals surface area contributed by atoms with Gasteiger partial charge in [-0.25, -0.2) is 4.79 Å². The number of thiocarbonyl (C=S) groups is 1. The summed E-state index contributed by atoms with van der Waals surface area (Å²) in [6, 6.07) is 12.6. The van der Waals surface area contributed by atoms with E-state index in [9.17, 15) is 57.8 Å². The summed E-state index contributed by atoms with van der Waals surface area (Å²) in [6.45, 7) is -5.73. The molecule has 4 unspecified atom stereocenters. The number of methoxy groups -OCH3 is 1. The van der Waals surface area contributed by atoms with Crippen molar-refractivity contribution < 1.29 is 124 Å². The third-order valence-corrected chi connectivity index (χ3v) is 19.9. The van der Waals surface area contributed by atoms with E-state index >= 15 is 4.79 Å². The maximum absolute atomic E-state index is 15.1. The number of carbonyl (C=O) groups excluding carboxylic acids is 11. The number of aromatic hydroxyl groups is 1. The Hall–Kier alpha value is -15.1. The highest BCUT2D eigenvalue weighted by molar-refractivity contribution is 7.78. The highest BCUT2D eigenvalue weighted by atomic mass is 32.1. The van der Waals surface area contributed by atoms with E-state index in [1.54, 1.807) is 0 Å². The van der Waals surface area contributed by atoms with Crippen molar-refractivity contribution in [2.75, 3.05) is 99.0 Å². The maximum Gasteiger partial charge on any atom is 0.331 e. The second-order valence-corrected chi connectivity index (χ2v) is 30.5.